The Labute approximate surface area is 182 Å². The molecule has 0 saturated heterocycles. The minimum Gasteiger partial charge on any atom is -0.206 e. The predicted octanol–water partition coefficient (Wildman–Crippen LogP) is 7.56. The lowest BCUT2D eigenvalue weighted by molar-refractivity contribution is 0.384. The van der Waals surface area contributed by atoms with Gasteiger partial charge in [0.15, 0.2) is 17.5 Å². The number of halogens is 6. The zero-order valence-corrected chi connectivity index (χ0v) is 17.3. The highest BCUT2D eigenvalue weighted by atomic mass is 19.2. The molecule has 6 heteroatoms. The molecule has 0 bridgehead atoms. The van der Waals surface area contributed by atoms with Gasteiger partial charge in [-0.2, -0.15) is 0 Å². The monoisotopic (exact) mass is 446 g/mol. The molecule has 0 N–H and O–H groups in total. The van der Waals surface area contributed by atoms with Crippen molar-refractivity contribution in [3.05, 3.63) is 81.9 Å². The summed E-state index contributed by atoms with van der Waals surface area (Å²) in [6, 6.07) is 6.02. The molecule has 1 fully saturated rings. The van der Waals surface area contributed by atoms with E-state index < -0.39 is 40.3 Å². The summed E-state index contributed by atoms with van der Waals surface area (Å²) in [4.78, 5) is 0. The summed E-state index contributed by atoms with van der Waals surface area (Å²) in [5.74, 6) is -1.42. The normalized spacial score (nSPS) is 18.5. The van der Waals surface area contributed by atoms with Crippen molar-refractivity contribution in [3.8, 4) is 11.8 Å². The van der Waals surface area contributed by atoms with Gasteiger partial charge in [0.2, 0.25) is 0 Å². The number of hydrogen-bond donors (Lipinski definition) is 0. The summed E-state index contributed by atoms with van der Waals surface area (Å²) in [5, 5.41) is -0.592. The van der Waals surface area contributed by atoms with Gasteiger partial charge in [-0.05, 0) is 78.8 Å². The van der Waals surface area contributed by atoms with Crippen LogP contribution in [0.4, 0.5) is 26.3 Å². The Morgan fingerprint density at radius 2 is 1.41 bits per heavy atom. The molecular formula is C26H20F6. The number of hydrogen-bond acceptors (Lipinski definition) is 0. The number of benzene rings is 3. The van der Waals surface area contributed by atoms with E-state index in [4.69, 9.17) is 0 Å². The minimum absolute atomic E-state index is 0.0280. The molecule has 0 amide bonds. The molecule has 0 aliphatic heterocycles. The fourth-order valence-corrected chi connectivity index (χ4v) is 4.34. The Bertz CT molecular complexity index is 1220. The quantitative estimate of drug-likeness (QED) is 0.216. The van der Waals surface area contributed by atoms with Gasteiger partial charge >= 0.3 is 0 Å². The fourth-order valence-electron chi connectivity index (χ4n) is 4.34. The molecule has 1 saturated carbocycles. The predicted molar refractivity (Wildman–Crippen MR) is 111 cm³/mol. The number of fused-ring (bicyclic) bond motifs is 1. The standard InChI is InChI=1S/C26H20F6/c1-2-14-9-20(27)19(21(28)10-14)8-5-15-3-6-16(7-4-15)17-11-18-13-23(30)25(31)26(32)24(18)22(29)12-17/h9-13,15-16H,2-4,6-7H2,1H3. The summed E-state index contributed by atoms with van der Waals surface area (Å²) in [7, 11) is 0. The first-order chi connectivity index (χ1) is 15.3. The molecule has 3 aromatic rings. The third kappa shape index (κ3) is 4.21. The SMILES string of the molecule is CCc1cc(F)c(C#CC2CCC(c3cc(F)c4c(F)c(F)c(F)cc4c3)CC2)c(F)c1. The molecule has 3 aromatic carbocycles. The summed E-state index contributed by atoms with van der Waals surface area (Å²) in [5.41, 5.74) is 0.910. The van der Waals surface area contributed by atoms with E-state index in [9.17, 15) is 26.3 Å². The average molecular weight is 446 g/mol. The van der Waals surface area contributed by atoms with Crippen molar-refractivity contribution in [1.82, 2.24) is 0 Å². The highest BCUT2D eigenvalue weighted by Gasteiger charge is 2.24. The smallest absolute Gasteiger partial charge is 0.195 e. The zero-order valence-electron chi connectivity index (χ0n) is 17.3. The molecule has 32 heavy (non-hydrogen) atoms. The molecule has 4 rings (SSSR count). The molecule has 166 valence electrons. The van der Waals surface area contributed by atoms with Crippen LogP contribution in [-0.4, -0.2) is 0 Å². The average Bonchev–Trinajstić information content (AvgIpc) is 2.76. The number of aryl methyl sites for hydroxylation is 1. The van der Waals surface area contributed by atoms with Crippen LogP contribution in [0.25, 0.3) is 10.8 Å². The van der Waals surface area contributed by atoms with Gasteiger partial charge in [-0.1, -0.05) is 24.8 Å². The molecule has 0 unspecified atom stereocenters. The van der Waals surface area contributed by atoms with Crippen LogP contribution in [0.2, 0.25) is 0 Å². The maximum Gasteiger partial charge on any atom is 0.195 e. The third-order valence-electron chi connectivity index (χ3n) is 6.16. The van der Waals surface area contributed by atoms with Gasteiger partial charge in [0.1, 0.15) is 17.5 Å². The first-order valence-electron chi connectivity index (χ1n) is 10.5. The molecule has 0 heterocycles. The lowest BCUT2D eigenvalue weighted by atomic mass is 9.78. The van der Waals surface area contributed by atoms with Gasteiger partial charge in [-0.3, -0.25) is 0 Å². The Morgan fingerprint density at radius 1 is 0.750 bits per heavy atom. The van der Waals surface area contributed by atoms with Crippen LogP contribution in [0.5, 0.6) is 0 Å². The Kier molecular flexibility index (Phi) is 6.19. The summed E-state index contributed by atoms with van der Waals surface area (Å²) < 4.78 is 83.7. The second kappa shape index (κ2) is 8.90. The lowest BCUT2D eigenvalue weighted by Gasteiger charge is -2.26. The van der Waals surface area contributed by atoms with Gasteiger partial charge in [0.05, 0.1) is 10.9 Å². The molecule has 1 aliphatic carbocycles. The molecule has 1 aliphatic rings. The van der Waals surface area contributed by atoms with E-state index in [2.05, 4.69) is 11.8 Å². The van der Waals surface area contributed by atoms with Gasteiger partial charge in [0.25, 0.3) is 0 Å². The minimum atomic E-state index is -1.69. The second-order valence-corrected chi connectivity index (χ2v) is 8.19. The van der Waals surface area contributed by atoms with Crippen molar-refractivity contribution in [2.45, 2.75) is 44.9 Å². The molecule has 0 atom stereocenters. The first-order valence-corrected chi connectivity index (χ1v) is 10.5. The topological polar surface area (TPSA) is 0 Å². The van der Waals surface area contributed by atoms with E-state index in [1.165, 1.54) is 24.3 Å². The van der Waals surface area contributed by atoms with E-state index >= 15 is 0 Å². The van der Waals surface area contributed by atoms with Gasteiger partial charge in [-0.15, -0.1) is 0 Å². The summed E-state index contributed by atoms with van der Waals surface area (Å²) >= 11 is 0. The van der Waals surface area contributed by atoms with Crippen molar-refractivity contribution >= 4 is 10.8 Å². The van der Waals surface area contributed by atoms with Crippen molar-refractivity contribution in [2.24, 2.45) is 5.92 Å². The highest BCUT2D eigenvalue weighted by Crippen LogP contribution is 2.38. The largest absolute Gasteiger partial charge is 0.206 e. The van der Waals surface area contributed by atoms with Crippen molar-refractivity contribution in [3.63, 3.8) is 0 Å². The molecule has 0 aromatic heterocycles. The highest BCUT2D eigenvalue weighted by molar-refractivity contribution is 5.84. The third-order valence-corrected chi connectivity index (χ3v) is 6.16. The van der Waals surface area contributed by atoms with Crippen molar-refractivity contribution in [2.75, 3.05) is 0 Å². The van der Waals surface area contributed by atoms with Crippen LogP contribution in [0.15, 0.2) is 30.3 Å². The van der Waals surface area contributed by atoms with Crippen molar-refractivity contribution in [1.29, 1.82) is 0 Å². The number of rotatable bonds is 2. The first kappa shape index (κ1) is 22.3. The molecular weight excluding hydrogens is 426 g/mol. The fraction of sp³-hybridized carbons (Fsp3) is 0.308. The van der Waals surface area contributed by atoms with Gasteiger partial charge < -0.3 is 0 Å². The van der Waals surface area contributed by atoms with Crippen LogP contribution in [0, 0.1) is 52.7 Å². The van der Waals surface area contributed by atoms with E-state index in [0.29, 0.717) is 43.2 Å². The van der Waals surface area contributed by atoms with Crippen LogP contribution in [0.3, 0.4) is 0 Å². The molecule has 0 radical (unpaired) electrons. The van der Waals surface area contributed by atoms with E-state index in [1.54, 1.807) is 0 Å². The van der Waals surface area contributed by atoms with Crippen LogP contribution < -0.4 is 0 Å². The van der Waals surface area contributed by atoms with Gasteiger partial charge in [0, 0.05) is 5.92 Å². The summed E-state index contributed by atoms with van der Waals surface area (Å²) in [6.07, 6.45) is 3.07. The Balaban J connectivity index is 1.51. The zero-order chi connectivity index (χ0) is 23.0. The molecule has 0 spiro atoms. The maximum absolute atomic E-state index is 14.5. The van der Waals surface area contributed by atoms with Crippen LogP contribution in [0.1, 0.15) is 55.2 Å². The molecule has 0 nitrogen and oxygen atoms in total. The maximum atomic E-state index is 14.5. The lowest BCUT2D eigenvalue weighted by Crippen LogP contribution is -2.12. The second-order valence-electron chi connectivity index (χ2n) is 8.19. The van der Waals surface area contributed by atoms with E-state index in [-0.39, 0.29) is 22.8 Å². The van der Waals surface area contributed by atoms with Crippen LogP contribution >= 0.6 is 0 Å². The van der Waals surface area contributed by atoms with E-state index in [1.807, 2.05) is 6.92 Å². The van der Waals surface area contributed by atoms with Crippen LogP contribution in [-0.2, 0) is 6.42 Å². The van der Waals surface area contributed by atoms with Crippen molar-refractivity contribution < 1.29 is 26.3 Å². The Morgan fingerprint density at radius 3 is 2.03 bits per heavy atom. The van der Waals surface area contributed by atoms with Gasteiger partial charge in [-0.25, -0.2) is 26.3 Å². The Hall–Kier alpha value is -2.94. The van der Waals surface area contributed by atoms with E-state index in [0.717, 1.165) is 6.07 Å². The summed E-state index contributed by atoms with van der Waals surface area (Å²) in [6.45, 7) is 1.81.